The summed E-state index contributed by atoms with van der Waals surface area (Å²) in [5.41, 5.74) is 4.88. The van der Waals surface area contributed by atoms with Crippen molar-refractivity contribution in [2.45, 2.75) is 0 Å². The van der Waals surface area contributed by atoms with E-state index in [1.807, 2.05) is 7.05 Å². The minimum absolute atomic E-state index is 0.697. The van der Waals surface area contributed by atoms with Crippen molar-refractivity contribution in [3.05, 3.63) is 12.7 Å². The second kappa shape index (κ2) is 5.56. The molecule has 9 heteroatoms. The van der Waals surface area contributed by atoms with Crippen LogP contribution in [0.3, 0.4) is 0 Å². The Kier molecular flexibility index (Phi) is 3.85. The summed E-state index contributed by atoms with van der Waals surface area (Å²) >= 11 is 0. The maximum atomic E-state index is 11.6. The van der Waals surface area contributed by atoms with Gasteiger partial charge in [-0.15, -0.1) is 10.2 Å². The third-order valence-corrected chi connectivity index (χ3v) is 2.62. The van der Waals surface area contributed by atoms with Gasteiger partial charge in [0, 0.05) is 26.2 Å². The fourth-order valence-corrected chi connectivity index (χ4v) is 1.54. The number of amides is 2. The Balaban J connectivity index is 1.79. The molecule has 2 N–H and O–H groups in total. The van der Waals surface area contributed by atoms with Crippen molar-refractivity contribution in [2.75, 3.05) is 38.7 Å². The molecule has 0 spiro atoms. The molecule has 1 fully saturated rings. The van der Waals surface area contributed by atoms with Crippen molar-refractivity contribution in [1.82, 2.24) is 30.2 Å². The minimum Gasteiger partial charge on any atom is -0.304 e. The zero-order valence-electron chi connectivity index (χ0n) is 10.0. The molecular weight excluding hydrogens is 238 g/mol. The first-order valence-corrected chi connectivity index (χ1v) is 5.55. The summed E-state index contributed by atoms with van der Waals surface area (Å²) < 4.78 is 1.21. The molecule has 1 saturated heterocycles. The molecule has 1 aromatic rings. The molecule has 0 atom stereocenters. The van der Waals surface area contributed by atoms with E-state index in [4.69, 9.17) is 0 Å². The standard InChI is InChI=1S/C9H15N7O2/c1-14-2-4-15(5-3-14)12-8(17)9(18)13-16-6-10-11-7-16/h6-7H,2-5H2,1H3,(H,12,17)(H,13,18). The molecule has 98 valence electrons. The molecule has 0 aliphatic carbocycles. The van der Waals surface area contributed by atoms with Gasteiger partial charge >= 0.3 is 11.8 Å². The summed E-state index contributed by atoms with van der Waals surface area (Å²) in [5.74, 6) is -1.46. The molecule has 18 heavy (non-hydrogen) atoms. The first-order chi connectivity index (χ1) is 8.65. The predicted molar refractivity (Wildman–Crippen MR) is 61.6 cm³/mol. The molecule has 1 aliphatic heterocycles. The highest BCUT2D eigenvalue weighted by molar-refractivity contribution is 6.38. The van der Waals surface area contributed by atoms with Gasteiger partial charge in [0.2, 0.25) is 0 Å². The minimum atomic E-state index is -0.756. The second-order valence-electron chi connectivity index (χ2n) is 4.04. The molecule has 0 radical (unpaired) electrons. The molecule has 9 nitrogen and oxygen atoms in total. The van der Waals surface area contributed by atoms with Crippen molar-refractivity contribution in [1.29, 1.82) is 0 Å². The smallest absolute Gasteiger partial charge is 0.304 e. The maximum Gasteiger partial charge on any atom is 0.329 e. The Labute approximate surface area is 104 Å². The van der Waals surface area contributed by atoms with Crippen LogP contribution in [0.2, 0.25) is 0 Å². The van der Waals surface area contributed by atoms with Crippen LogP contribution in [0.15, 0.2) is 12.7 Å². The Morgan fingerprint density at radius 3 is 2.17 bits per heavy atom. The number of hydrogen-bond acceptors (Lipinski definition) is 6. The number of piperazine rings is 1. The van der Waals surface area contributed by atoms with Crippen molar-refractivity contribution in [2.24, 2.45) is 0 Å². The maximum absolute atomic E-state index is 11.6. The zero-order chi connectivity index (χ0) is 13.0. The van der Waals surface area contributed by atoms with Gasteiger partial charge in [0.25, 0.3) is 0 Å². The largest absolute Gasteiger partial charge is 0.329 e. The van der Waals surface area contributed by atoms with E-state index >= 15 is 0 Å². The molecule has 1 aliphatic rings. The lowest BCUT2D eigenvalue weighted by molar-refractivity contribution is -0.140. The molecule has 1 aromatic heterocycles. The summed E-state index contributed by atoms with van der Waals surface area (Å²) in [5, 5.41) is 8.75. The quantitative estimate of drug-likeness (QED) is 0.572. The summed E-state index contributed by atoms with van der Waals surface area (Å²) in [6, 6.07) is 0. The van der Waals surface area contributed by atoms with Crippen molar-refractivity contribution in [3.8, 4) is 0 Å². The van der Waals surface area contributed by atoms with Gasteiger partial charge in [0.15, 0.2) is 0 Å². The molecule has 2 rings (SSSR count). The van der Waals surface area contributed by atoms with Crippen LogP contribution in [0, 0.1) is 0 Å². The summed E-state index contributed by atoms with van der Waals surface area (Å²) in [6.07, 6.45) is 2.59. The van der Waals surface area contributed by atoms with Crippen LogP contribution in [0.1, 0.15) is 0 Å². The first-order valence-electron chi connectivity index (χ1n) is 5.55. The van der Waals surface area contributed by atoms with E-state index in [2.05, 4.69) is 25.9 Å². The SMILES string of the molecule is CN1CCN(NC(=O)C(=O)Nn2cnnc2)CC1. The van der Waals surface area contributed by atoms with Gasteiger partial charge in [-0.05, 0) is 7.05 Å². The fraction of sp³-hybridized carbons (Fsp3) is 0.556. The Morgan fingerprint density at radius 1 is 1.00 bits per heavy atom. The Bertz CT molecular complexity index is 411. The van der Waals surface area contributed by atoms with Gasteiger partial charge in [0.05, 0.1) is 0 Å². The third kappa shape index (κ3) is 3.25. The van der Waals surface area contributed by atoms with Crippen LogP contribution in [-0.4, -0.2) is 69.8 Å². The Morgan fingerprint density at radius 2 is 1.56 bits per heavy atom. The van der Waals surface area contributed by atoms with Crippen LogP contribution >= 0.6 is 0 Å². The van der Waals surface area contributed by atoms with E-state index in [0.717, 1.165) is 13.1 Å². The van der Waals surface area contributed by atoms with Crippen LogP contribution in [0.25, 0.3) is 0 Å². The van der Waals surface area contributed by atoms with Crippen LogP contribution in [-0.2, 0) is 9.59 Å². The van der Waals surface area contributed by atoms with E-state index < -0.39 is 11.8 Å². The molecule has 2 heterocycles. The number of nitrogens with zero attached hydrogens (tertiary/aromatic N) is 5. The number of carbonyl (C=O) groups excluding carboxylic acids is 2. The average Bonchev–Trinajstić information content (AvgIpc) is 2.85. The lowest BCUT2D eigenvalue weighted by Gasteiger charge is -2.32. The summed E-state index contributed by atoms with van der Waals surface area (Å²) in [6.45, 7) is 3.10. The highest BCUT2D eigenvalue weighted by Crippen LogP contribution is 1.95. The van der Waals surface area contributed by atoms with E-state index in [1.54, 1.807) is 5.01 Å². The van der Waals surface area contributed by atoms with Crippen molar-refractivity contribution >= 4 is 11.8 Å². The Hall–Kier alpha value is -2.00. The number of likely N-dealkylation sites (N-methyl/N-ethyl adjacent to an activating group) is 1. The summed E-state index contributed by atoms with van der Waals surface area (Å²) in [7, 11) is 2.01. The van der Waals surface area contributed by atoms with Crippen LogP contribution < -0.4 is 10.9 Å². The molecule has 0 unspecified atom stereocenters. The second-order valence-corrected chi connectivity index (χ2v) is 4.04. The van der Waals surface area contributed by atoms with Crippen LogP contribution in [0.4, 0.5) is 0 Å². The number of carbonyl (C=O) groups is 2. The monoisotopic (exact) mass is 253 g/mol. The van der Waals surface area contributed by atoms with Gasteiger partial charge in [-0.1, -0.05) is 0 Å². The number of aromatic nitrogens is 3. The van der Waals surface area contributed by atoms with E-state index in [9.17, 15) is 9.59 Å². The number of nitrogens with one attached hydrogen (secondary N) is 2. The normalized spacial score (nSPS) is 17.4. The van der Waals surface area contributed by atoms with Gasteiger partial charge in [-0.3, -0.25) is 20.4 Å². The number of hydrogen-bond donors (Lipinski definition) is 2. The molecule has 2 amide bonds. The highest BCUT2D eigenvalue weighted by Gasteiger charge is 2.20. The zero-order valence-corrected chi connectivity index (χ0v) is 10.0. The first kappa shape index (κ1) is 12.5. The topological polar surface area (TPSA) is 95.4 Å². The lowest BCUT2D eigenvalue weighted by Crippen LogP contribution is -2.55. The summed E-state index contributed by atoms with van der Waals surface area (Å²) in [4.78, 5) is 25.3. The third-order valence-electron chi connectivity index (χ3n) is 2.62. The molecule has 0 saturated carbocycles. The highest BCUT2D eigenvalue weighted by atomic mass is 16.2. The molecule has 0 bridgehead atoms. The number of rotatable bonds is 2. The van der Waals surface area contributed by atoms with Crippen molar-refractivity contribution in [3.63, 3.8) is 0 Å². The van der Waals surface area contributed by atoms with Gasteiger partial charge < -0.3 is 4.90 Å². The molecule has 0 aromatic carbocycles. The average molecular weight is 253 g/mol. The van der Waals surface area contributed by atoms with Gasteiger partial charge in [-0.25, -0.2) is 9.69 Å². The van der Waals surface area contributed by atoms with E-state index in [1.165, 1.54) is 17.3 Å². The fourth-order valence-electron chi connectivity index (χ4n) is 1.54. The lowest BCUT2D eigenvalue weighted by atomic mass is 10.4. The predicted octanol–water partition coefficient (Wildman–Crippen LogP) is -2.37. The number of hydrazine groups is 1. The van der Waals surface area contributed by atoms with Crippen LogP contribution in [0.5, 0.6) is 0 Å². The van der Waals surface area contributed by atoms with Gasteiger partial charge in [-0.2, -0.15) is 0 Å². The van der Waals surface area contributed by atoms with Crippen molar-refractivity contribution < 1.29 is 9.59 Å². The van der Waals surface area contributed by atoms with E-state index in [0.29, 0.717) is 13.1 Å². The molecular formula is C9H15N7O2. The van der Waals surface area contributed by atoms with E-state index in [-0.39, 0.29) is 0 Å². The van der Waals surface area contributed by atoms with Gasteiger partial charge in [0.1, 0.15) is 12.7 Å².